The highest BCUT2D eigenvalue weighted by Crippen LogP contribution is 2.12. The quantitative estimate of drug-likeness (QED) is 0.567. The van der Waals surface area contributed by atoms with E-state index in [9.17, 15) is 4.79 Å². The van der Waals surface area contributed by atoms with E-state index in [1.165, 1.54) is 5.56 Å². The number of nitrogens with one attached hydrogen (secondary N) is 2. The third kappa shape index (κ3) is 6.24. The van der Waals surface area contributed by atoms with Crippen LogP contribution >= 0.6 is 0 Å². The molecular weight excluding hydrogens is 324 g/mol. The van der Waals surface area contributed by atoms with Gasteiger partial charge >= 0.3 is 0 Å². The summed E-state index contributed by atoms with van der Waals surface area (Å²) in [4.78, 5) is 16.6. The van der Waals surface area contributed by atoms with Gasteiger partial charge in [0.05, 0.1) is 6.54 Å². The first kappa shape index (κ1) is 19.5. The molecule has 0 unspecified atom stereocenters. The summed E-state index contributed by atoms with van der Waals surface area (Å²) >= 11 is 0. The summed E-state index contributed by atoms with van der Waals surface area (Å²) in [6.07, 6.45) is 0.968. The van der Waals surface area contributed by atoms with Crippen molar-refractivity contribution in [2.24, 2.45) is 10.7 Å². The Balaban J connectivity index is 2.02. The van der Waals surface area contributed by atoms with Crippen LogP contribution in [0.3, 0.4) is 0 Å². The number of amides is 1. The number of nitrogens with two attached hydrogens (primary N) is 1. The second-order valence-corrected chi connectivity index (χ2v) is 7.28. The van der Waals surface area contributed by atoms with Crippen molar-refractivity contribution in [2.75, 3.05) is 5.32 Å². The lowest BCUT2D eigenvalue weighted by molar-refractivity contribution is 0.0919. The summed E-state index contributed by atoms with van der Waals surface area (Å²) in [6.45, 7) is 8.39. The van der Waals surface area contributed by atoms with E-state index in [-0.39, 0.29) is 11.4 Å². The van der Waals surface area contributed by atoms with Crippen molar-refractivity contribution in [3.05, 3.63) is 65.2 Å². The smallest absolute Gasteiger partial charge is 0.251 e. The number of rotatable bonds is 5. The summed E-state index contributed by atoms with van der Waals surface area (Å²) in [5.74, 6) is 0.258. The molecule has 4 N–H and O–H groups in total. The number of guanidine groups is 1. The van der Waals surface area contributed by atoms with E-state index in [0.29, 0.717) is 18.1 Å². The zero-order chi connectivity index (χ0) is 19.2. The third-order valence-electron chi connectivity index (χ3n) is 3.72. The molecule has 0 radical (unpaired) electrons. The largest absolute Gasteiger partial charge is 0.370 e. The second-order valence-electron chi connectivity index (χ2n) is 7.28. The van der Waals surface area contributed by atoms with Crippen LogP contribution < -0.4 is 16.4 Å². The Labute approximate surface area is 155 Å². The molecule has 0 saturated heterocycles. The maximum atomic E-state index is 12.3. The molecule has 0 aliphatic rings. The number of aliphatic imine (C=N–C) groups is 1. The van der Waals surface area contributed by atoms with Crippen LogP contribution in [0.25, 0.3) is 0 Å². The van der Waals surface area contributed by atoms with Crippen LogP contribution in [-0.4, -0.2) is 17.4 Å². The number of hydrogen-bond acceptors (Lipinski definition) is 2. The standard InChI is InChI=1S/C21H28N4O/c1-5-15-8-7-11-18(13-15)24-20(22)23-14-16-9-6-10-17(12-16)19(26)25-21(2,3)4/h6-13H,5,14H2,1-4H3,(H,25,26)(H3,22,23,24). The minimum absolute atomic E-state index is 0.0918. The van der Waals surface area contributed by atoms with Crippen LogP contribution in [-0.2, 0) is 13.0 Å². The first-order chi connectivity index (χ1) is 12.3. The molecule has 0 aliphatic carbocycles. The number of aryl methyl sites for hydroxylation is 1. The van der Waals surface area contributed by atoms with Crippen LogP contribution in [0.15, 0.2) is 53.5 Å². The van der Waals surface area contributed by atoms with E-state index in [1.807, 2.05) is 51.1 Å². The summed E-state index contributed by atoms with van der Waals surface area (Å²) in [7, 11) is 0. The third-order valence-corrected chi connectivity index (χ3v) is 3.72. The van der Waals surface area contributed by atoms with E-state index < -0.39 is 0 Å². The molecule has 2 aromatic carbocycles. The average molecular weight is 352 g/mol. The molecule has 0 atom stereocenters. The van der Waals surface area contributed by atoms with E-state index in [0.717, 1.165) is 17.7 Å². The Morgan fingerprint density at radius 2 is 1.77 bits per heavy atom. The van der Waals surface area contributed by atoms with Crippen molar-refractivity contribution in [3.8, 4) is 0 Å². The first-order valence-corrected chi connectivity index (χ1v) is 8.84. The van der Waals surface area contributed by atoms with Crippen LogP contribution in [0, 0.1) is 0 Å². The molecule has 0 saturated carbocycles. The van der Waals surface area contributed by atoms with E-state index >= 15 is 0 Å². The topological polar surface area (TPSA) is 79.5 Å². The lowest BCUT2D eigenvalue weighted by atomic mass is 10.1. The SMILES string of the molecule is CCc1cccc(NC(N)=NCc2cccc(C(=O)NC(C)(C)C)c2)c1. The molecule has 0 fully saturated rings. The van der Waals surface area contributed by atoms with Gasteiger partial charge in [0.2, 0.25) is 0 Å². The molecule has 0 spiro atoms. The van der Waals surface area contributed by atoms with Gasteiger partial charge < -0.3 is 16.4 Å². The van der Waals surface area contributed by atoms with Gasteiger partial charge in [-0.15, -0.1) is 0 Å². The van der Waals surface area contributed by atoms with E-state index in [1.54, 1.807) is 6.07 Å². The van der Waals surface area contributed by atoms with Crippen molar-refractivity contribution in [2.45, 2.75) is 46.2 Å². The van der Waals surface area contributed by atoms with Crippen molar-refractivity contribution in [1.29, 1.82) is 0 Å². The number of hydrogen-bond donors (Lipinski definition) is 3. The summed E-state index contributed by atoms with van der Waals surface area (Å²) < 4.78 is 0. The second kappa shape index (κ2) is 8.52. The summed E-state index contributed by atoms with van der Waals surface area (Å²) in [5.41, 5.74) is 9.42. The molecular formula is C21H28N4O. The van der Waals surface area contributed by atoms with Crippen molar-refractivity contribution < 1.29 is 4.79 Å². The van der Waals surface area contributed by atoms with Crippen LogP contribution in [0.5, 0.6) is 0 Å². The maximum absolute atomic E-state index is 12.3. The Morgan fingerprint density at radius 3 is 2.46 bits per heavy atom. The molecule has 26 heavy (non-hydrogen) atoms. The molecule has 0 bridgehead atoms. The molecule has 138 valence electrons. The lowest BCUT2D eigenvalue weighted by Gasteiger charge is -2.20. The molecule has 2 aromatic rings. The highest BCUT2D eigenvalue weighted by atomic mass is 16.1. The van der Waals surface area contributed by atoms with Gasteiger partial charge in [0.25, 0.3) is 5.91 Å². The molecule has 2 rings (SSSR count). The maximum Gasteiger partial charge on any atom is 0.251 e. The van der Waals surface area contributed by atoms with Crippen molar-refractivity contribution in [3.63, 3.8) is 0 Å². The van der Waals surface area contributed by atoms with E-state index in [2.05, 4.69) is 34.7 Å². The van der Waals surface area contributed by atoms with Gasteiger partial charge in [-0.25, -0.2) is 4.99 Å². The van der Waals surface area contributed by atoms with E-state index in [4.69, 9.17) is 5.73 Å². The summed E-state index contributed by atoms with van der Waals surface area (Å²) in [5, 5.41) is 6.06. The Morgan fingerprint density at radius 1 is 1.08 bits per heavy atom. The molecule has 0 heterocycles. The number of carbonyl (C=O) groups excluding carboxylic acids is 1. The van der Waals surface area contributed by atoms with Crippen molar-refractivity contribution in [1.82, 2.24) is 5.32 Å². The van der Waals surface area contributed by atoms with Gasteiger partial charge in [0, 0.05) is 16.8 Å². The Bertz CT molecular complexity index is 791. The highest BCUT2D eigenvalue weighted by molar-refractivity contribution is 5.95. The monoisotopic (exact) mass is 352 g/mol. The van der Waals surface area contributed by atoms with Gasteiger partial charge in [-0.2, -0.15) is 0 Å². The van der Waals surface area contributed by atoms with Gasteiger partial charge in [-0.3, -0.25) is 4.79 Å². The number of anilines is 1. The predicted molar refractivity (Wildman–Crippen MR) is 108 cm³/mol. The molecule has 5 heteroatoms. The van der Waals surface area contributed by atoms with Crippen LogP contribution in [0.4, 0.5) is 5.69 Å². The van der Waals surface area contributed by atoms with Crippen LogP contribution in [0.2, 0.25) is 0 Å². The first-order valence-electron chi connectivity index (χ1n) is 8.84. The van der Waals surface area contributed by atoms with Gasteiger partial charge in [0.15, 0.2) is 5.96 Å². The number of nitrogens with zero attached hydrogens (tertiary/aromatic N) is 1. The zero-order valence-electron chi connectivity index (χ0n) is 16.0. The molecule has 5 nitrogen and oxygen atoms in total. The van der Waals surface area contributed by atoms with Gasteiger partial charge in [-0.05, 0) is 62.6 Å². The van der Waals surface area contributed by atoms with Gasteiger partial charge in [0.1, 0.15) is 0 Å². The fourth-order valence-corrected chi connectivity index (χ4v) is 2.46. The highest BCUT2D eigenvalue weighted by Gasteiger charge is 2.15. The Hall–Kier alpha value is -2.82. The summed E-state index contributed by atoms with van der Waals surface area (Å²) in [6, 6.07) is 15.5. The average Bonchev–Trinajstić information content (AvgIpc) is 2.59. The predicted octanol–water partition coefficient (Wildman–Crippen LogP) is 3.70. The van der Waals surface area contributed by atoms with Crippen molar-refractivity contribution >= 4 is 17.6 Å². The van der Waals surface area contributed by atoms with Crippen LogP contribution in [0.1, 0.15) is 49.2 Å². The minimum atomic E-state index is -0.271. The number of benzene rings is 2. The minimum Gasteiger partial charge on any atom is -0.370 e. The van der Waals surface area contributed by atoms with Gasteiger partial charge in [-0.1, -0.05) is 31.2 Å². The molecule has 0 aromatic heterocycles. The Kier molecular flexibility index (Phi) is 6.39. The lowest BCUT2D eigenvalue weighted by Crippen LogP contribution is -2.40. The zero-order valence-corrected chi connectivity index (χ0v) is 16.0. The fourth-order valence-electron chi connectivity index (χ4n) is 2.46. The molecule has 0 aliphatic heterocycles. The molecule has 1 amide bonds. The fraction of sp³-hybridized carbons (Fsp3) is 0.333. The normalized spacial score (nSPS) is 11.9. The number of carbonyl (C=O) groups is 1.